The Bertz CT molecular complexity index is 851. The third-order valence-corrected chi connectivity index (χ3v) is 3.99. The minimum atomic E-state index is -5.41. The third-order valence-electron chi connectivity index (χ3n) is 3.99. The SMILES string of the molecule is OC(NC(O)c1cc(C(F)(F)F)nc(C(F)(F)F)c1)c1cc(C(F)(F)F)cc(C(F)(F)F)c1. The summed E-state index contributed by atoms with van der Waals surface area (Å²) in [6.45, 7) is 0. The van der Waals surface area contributed by atoms with Crippen LogP contribution in [0.15, 0.2) is 30.3 Å². The summed E-state index contributed by atoms with van der Waals surface area (Å²) in [5.74, 6) is 0. The first-order valence-electron chi connectivity index (χ1n) is 8.27. The second-order valence-electron chi connectivity index (χ2n) is 6.48. The van der Waals surface area contributed by atoms with Crippen LogP contribution in [0.25, 0.3) is 0 Å². The first-order chi connectivity index (χ1) is 14.7. The Morgan fingerprint density at radius 2 is 0.879 bits per heavy atom. The highest BCUT2D eigenvalue weighted by Gasteiger charge is 2.40. The standard InChI is InChI=1S/C17H10F12N2O2/c18-14(19,20)8-1-6(2-9(5-8)15(21,22)23)12(32)31-13(33)7-3-10(16(24,25)26)30-11(4-7)17(27,28)29/h1-5,12-13,31-33H. The summed E-state index contributed by atoms with van der Waals surface area (Å²) in [6, 6.07) is -0.274. The van der Waals surface area contributed by atoms with E-state index in [-0.39, 0.29) is 30.3 Å². The minimum Gasteiger partial charge on any atom is -0.374 e. The monoisotopic (exact) mass is 502 g/mol. The molecule has 0 bridgehead atoms. The van der Waals surface area contributed by atoms with Gasteiger partial charge in [0.1, 0.15) is 23.8 Å². The summed E-state index contributed by atoms with van der Waals surface area (Å²) in [6.07, 6.45) is -26.6. The zero-order valence-corrected chi connectivity index (χ0v) is 15.4. The zero-order valence-electron chi connectivity index (χ0n) is 15.4. The van der Waals surface area contributed by atoms with E-state index in [1.807, 2.05) is 0 Å². The number of aromatic nitrogens is 1. The minimum absolute atomic E-state index is 0.0487. The molecule has 0 amide bonds. The van der Waals surface area contributed by atoms with Crippen LogP contribution in [0.1, 0.15) is 46.1 Å². The number of rotatable bonds is 4. The number of halogens is 12. The second-order valence-corrected chi connectivity index (χ2v) is 6.48. The summed E-state index contributed by atoms with van der Waals surface area (Å²) < 4.78 is 154. The molecule has 184 valence electrons. The van der Waals surface area contributed by atoms with Crippen molar-refractivity contribution in [2.45, 2.75) is 37.2 Å². The molecule has 4 nitrogen and oxygen atoms in total. The molecule has 0 radical (unpaired) electrons. The Kier molecular flexibility index (Phi) is 6.98. The normalized spacial score (nSPS) is 15.5. The van der Waals surface area contributed by atoms with Gasteiger partial charge >= 0.3 is 24.7 Å². The van der Waals surface area contributed by atoms with Gasteiger partial charge in [0, 0.05) is 0 Å². The Morgan fingerprint density at radius 1 is 0.545 bits per heavy atom. The lowest BCUT2D eigenvalue weighted by Gasteiger charge is -2.22. The van der Waals surface area contributed by atoms with Crippen molar-refractivity contribution in [2.75, 3.05) is 0 Å². The number of pyridine rings is 1. The highest BCUT2D eigenvalue weighted by Crippen LogP contribution is 2.38. The summed E-state index contributed by atoms with van der Waals surface area (Å²) >= 11 is 0. The molecule has 0 aliphatic heterocycles. The van der Waals surface area contributed by atoms with Crippen LogP contribution in [0.2, 0.25) is 0 Å². The fourth-order valence-corrected chi connectivity index (χ4v) is 2.48. The van der Waals surface area contributed by atoms with E-state index < -0.39 is 70.8 Å². The van der Waals surface area contributed by atoms with Crippen molar-refractivity contribution >= 4 is 0 Å². The van der Waals surface area contributed by atoms with Gasteiger partial charge < -0.3 is 10.2 Å². The van der Waals surface area contributed by atoms with Gasteiger partial charge in [-0.15, -0.1) is 0 Å². The van der Waals surface area contributed by atoms with Crippen LogP contribution >= 0.6 is 0 Å². The van der Waals surface area contributed by atoms with E-state index >= 15 is 0 Å². The maximum Gasteiger partial charge on any atom is 0.433 e. The van der Waals surface area contributed by atoms with Gasteiger partial charge in [0.25, 0.3) is 0 Å². The van der Waals surface area contributed by atoms with E-state index in [0.717, 1.165) is 0 Å². The molecule has 1 heterocycles. The van der Waals surface area contributed by atoms with Gasteiger partial charge in [-0.2, -0.15) is 52.7 Å². The number of hydrogen-bond acceptors (Lipinski definition) is 4. The molecule has 3 N–H and O–H groups in total. The molecule has 0 aliphatic carbocycles. The van der Waals surface area contributed by atoms with Gasteiger partial charge in [0.05, 0.1) is 11.1 Å². The number of hydrogen-bond donors (Lipinski definition) is 3. The van der Waals surface area contributed by atoms with E-state index in [1.165, 1.54) is 0 Å². The number of alkyl halides is 12. The van der Waals surface area contributed by atoms with Gasteiger partial charge in [-0.1, -0.05) is 0 Å². The average Bonchev–Trinajstić information content (AvgIpc) is 2.64. The quantitative estimate of drug-likeness (QED) is 0.386. The molecule has 2 unspecified atom stereocenters. The van der Waals surface area contributed by atoms with Crippen molar-refractivity contribution in [1.82, 2.24) is 10.3 Å². The van der Waals surface area contributed by atoms with Crippen molar-refractivity contribution < 1.29 is 62.9 Å². The number of benzene rings is 1. The van der Waals surface area contributed by atoms with E-state index in [4.69, 9.17) is 0 Å². The summed E-state index contributed by atoms with van der Waals surface area (Å²) in [4.78, 5) is 2.37. The molecule has 2 rings (SSSR count). The molecule has 16 heteroatoms. The molecule has 2 atom stereocenters. The Hall–Kier alpha value is -2.59. The molecule has 2 aromatic rings. The number of nitrogens with one attached hydrogen (secondary N) is 1. The molecule has 0 saturated carbocycles. The van der Waals surface area contributed by atoms with Crippen LogP contribution in [0.3, 0.4) is 0 Å². The fourth-order valence-electron chi connectivity index (χ4n) is 2.48. The Morgan fingerprint density at radius 3 is 1.18 bits per heavy atom. The third kappa shape index (κ3) is 6.70. The molecule has 0 fully saturated rings. The van der Waals surface area contributed by atoms with Gasteiger partial charge in [0.15, 0.2) is 0 Å². The number of aliphatic hydroxyl groups is 2. The first kappa shape index (κ1) is 26.7. The van der Waals surface area contributed by atoms with E-state index in [2.05, 4.69) is 4.98 Å². The molecule has 1 aromatic heterocycles. The van der Waals surface area contributed by atoms with Crippen LogP contribution < -0.4 is 5.32 Å². The number of aliphatic hydroxyl groups excluding tert-OH is 2. The Balaban J connectivity index is 2.46. The summed E-state index contributed by atoms with van der Waals surface area (Å²) in [5, 5.41) is 21.4. The van der Waals surface area contributed by atoms with Gasteiger partial charge in [-0.3, -0.25) is 5.32 Å². The van der Waals surface area contributed by atoms with Crippen LogP contribution in [0.5, 0.6) is 0 Å². The lowest BCUT2D eigenvalue weighted by atomic mass is 10.0. The van der Waals surface area contributed by atoms with E-state index in [1.54, 1.807) is 5.32 Å². The molecular formula is C17H10F12N2O2. The molecule has 33 heavy (non-hydrogen) atoms. The van der Waals surface area contributed by atoms with E-state index in [0.29, 0.717) is 0 Å². The number of nitrogens with zero attached hydrogens (tertiary/aromatic N) is 1. The molecular weight excluding hydrogens is 492 g/mol. The van der Waals surface area contributed by atoms with Gasteiger partial charge in [-0.25, -0.2) is 4.98 Å². The predicted octanol–water partition coefficient (Wildman–Crippen LogP) is 5.43. The smallest absolute Gasteiger partial charge is 0.374 e. The maximum atomic E-state index is 12.9. The molecule has 1 aromatic carbocycles. The van der Waals surface area contributed by atoms with Crippen LogP contribution in [0.4, 0.5) is 52.7 Å². The first-order valence-corrected chi connectivity index (χ1v) is 8.27. The second kappa shape index (κ2) is 8.64. The topological polar surface area (TPSA) is 65.4 Å². The Labute approximate surface area is 175 Å². The van der Waals surface area contributed by atoms with Gasteiger partial charge in [0.2, 0.25) is 0 Å². The predicted molar refractivity (Wildman–Crippen MR) is 83.7 cm³/mol. The van der Waals surface area contributed by atoms with Crippen LogP contribution in [0, 0.1) is 0 Å². The summed E-state index contributed by atoms with van der Waals surface area (Å²) in [5.41, 5.74) is -10.2. The van der Waals surface area contributed by atoms with Crippen molar-refractivity contribution in [3.63, 3.8) is 0 Å². The average molecular weight is 502 g/mol. The largest absolute Gasteiger partial charge is 0.433 e. The zero-order chi connectivity index (χ0) is 25.6. The van der Waals surface area contributed by atoms with Crippen molar-refractivity contribution in [1.29, 1.82) is 0 Å². The van der Waals surface area contributed by atoms with Crippen LogP contribution in [-0.2, 0) is 24.7 Å². The van der Waals surface area contributed by atoms with Crippen molar-refractivity contribution in [2.24, 2.45) is 0 Å². The van der Waals surface area contributed by atoms with Crippen molar-refractivity contribution in [3.8, 4) is 0 Å². The van der Waals surface area contributed by atoms with Gasteiger partial charge in [-0.05, 0) is 41.5 Å². The molecule has 0 aliphatic rings. The highest BCUT2D eigenvalue weighted by molar-refractivity contribution is 5.35. The highest BCUT2D eigenvalue weighted by atomic mass is 19.4. The molecule has 0 saturated heterocycles. The lowest BCUT2D eigenvalue weighted by molar-refractivity contribution is -0.150. The van der Waals surface area contributed by atoms with E-state index in [9.17, 15) is 62.9 Å². The summed E-state index contributed by atoms with van der Waals surface area (Å²) in [7, 11) is 0. The van der Waals surface area contributed by atoms with Crippen molar-refractivity contribution in [3.05, 3.63) is 64.0 Å². The lowest BCUT2D eigenvalue weighted by Crippen LogP contribution is -2.28. The fraction of sp³-hybridized carbons (Fsp3) is 0.353. The molecule has 0 spiro atoms. The maximum absolute atomic E-state index is 12.9. The van der Waals surface area contributed by atoms with Crippen LogP contribution in [-0.4, -0.2) is 15.2 Å².